The first kappa shape index (κ1) is 12.6. The molecule has 0 saturated carbocycles. The van der Waals surface area contributed by atoms with Gasteiger partial charge in [-0.15, -0.1) is 0 Å². The van der Waals surface area contributed by atoms with E-state index in [4.69, 9.17) is 0 Å². The van der Waals surface area contributed by atoms with Crippen molar-refractivity contribution in [2.75, 3.05) is 26.2 Å². The normalized spacial score (nSPS) is 26.9. The van der Waals surface area contributed by atoms with Crippen molar-refractivity contribution >= 4 is 5.91 Å². The van der Waals surface area contributed by atoms with Crippen LogP contribution in [0.25, 0.3) is 0 Å². The molecule has 3 aliphatic rings. The molecule has 0 aromatic heterocycles. The molecule has 3 aliphatic heterocycles. The molecule has 0 radical (unpaired) electrons. The van der Waals surface area contributed by atoms with Gasteiger partial charge in [0, 0.05) is 37.8 Å². The molecule has 1 amide bonds. The first-order chi connectivity index (χ1) is 9.24. The molecular weight excluding hydrogens is 243 g/mol. The van der Waals surface area contributed by atoms with E-state index in [0.717, 1.165) is 32.0 Å². The highest BCUT2D eigenvalue weighted by Gasteiger charge is 2.41. The monoisotopic (exact) mass is 262 g/mol. The van der Waals surface area contributed by atoms with Gasteiger partial charge in [0.05, 0.1) is 0 Å². The Labute approximate surface area is 113 Å². The van der Waals surface area contributed by atoms with E-state index >= 15 is 0 Å². The van der Waals surface area contributed by atoms with Crippen molar-refractivity contribution in [1.82, 2.24) is 9.80 Å². The number of halogens is 1. The fraction of sp³-hybridized carbons (Fsp3) is 0.533. The summed E-state index contributed by atoms with van der Waals surface area (Å²) in [6.07, 6.45) is 3.64. The quantitative estimate of drug-likeness (QED) is 0.724. The number of amides is 1. The van der Waals surface area contributed by atoms with Crippen molar-refractivity contribution in [3.63, 3.8) is 0 Å². The van der Waals surface area contributed by atoms with Crippen molar-refractivity contribution in [2.45, 2.75) is 25.3 Å². The molecule has 3 heterocycles. The van der Waals surface area contributed by atoms with Crippen LogP contribution < -0.4 is 0 Å². The summed E-state index contributed by atoms with van der Waals surface area (Å²) in [6.45, 7) is 4.47. The molecule has 0 bridgehead atoms. The maximum absolute atomic E-state index is 12.6. The summed E-state index contributed by atoms with van der Waals surface area (Å²) in [7, 11) is 0. The summed E-state index contributed by atoms with van der Waals surface area (Å²) in [5.41, 5.74) is 0.577. The van der Waals surface area contributed by atoms with Gasteiger partial charge in [0.2, 0.25) is 0 Å². The molecule has 4 heteroatoms. The van der Waals surface area contributed by atoms with Crippen molar-refractivity contribution in [2.24, 2.45) is 0 Å². The molecule has 3 saturated heterocycles. The van der Waals surface area contributed by atoms with Gasteiger partial charge in [-0.05, 0) is 43.5 Å². The Kier molecular flexibility index (Phi) is 3.51. The van der Waals surface area contributed by atoms with Crippen molar-refractivity contribution < 1.29 is 9.18 Å². The maximum atomic E-state index is 12.6. The summed E-state index contributed by atoms with van der Waals surface area (Å²) in [4.78, 5) is 16.0. The molecule has 4 rings (SSSR count). The van der Waals surface area contributed by atoms with Crippen molar-refractivity contribution in [3.8, 4) is 0 Å². The SMILES string of the molecule is C1CN2CC12.O=C(c1ccc(F)cc1)N1CCCC1. The number of rotatable bonds is 1. The predicted molar refractivity (Wildman–Crippen MR) is 71.5 cm³/mol. The summed E-state index contributed by atoms with van der Waals surface area (Å²) in [5, 5.41) is 0. The van der Waals surface area contributed by atoms with Gasteiger partial charge in [-0.3, -0.25) is 9.69 Å². The van der Waals surface area contributed by atoms with E-state index < -0.39 is 0 Å². The van der Waals surface area contributed by atoms with E-state index in [1.54, 1.807) is 0 Å². The maximum Gasteiger partial charge on any atom is 0.253 e. The van der Waals surface area contributed by atoms with Crippen molar-refractivity contribution in [1.29, 1.82) is 0 Å². The minimum absolute atomic E-state index is 0.0162. The lowest BCUT2D eigenvalue weighted by Crippen LogP contribution is -2.27. The van der Waals surface area contributed by atoms with Gasteiger partial charge in [0.25, 0.3) is 5.91 Å². The number of hydrogen-bond acceptors (Lipinski definition) is 2. The van der Waals surface area contributed by atoms with Gasteiger partial charge < -0.3 is 4.90 Å². The second-order valence-corrected chi connectivity index (χ2v) is 5.44. The molecule has 2 unspecified atom stereocenters. The van der Waals surface area contributed by atoms with E-state index in [2.05, 4.69) is 4.90 Å². The van der Waals surface area contributed by atoms with Crippen LogP contribution in [0.5, 0.6) is 0 Å². The Morgan fingerprint density at radius 2 is 1.74 bits per heavy atom. The number of benzene rings is 1. The van der Waals surface area contributed by atoms with Crippen LogP contribution in [0.15, 0.2) is 24.3 Å². The van der Waals surface area contributed by atoms with Gasteiger partial charge in [-0.2, -0.15) is 0 Å². The predicted octanol–water partition coefficient (Wildman–Crippen LogP) is 2.14. The largest absolute Gasteiger partial charge is 0.339 e. The topological polar surface area (TPSA) is 23.3 Å². The Morgan fingerprint density at radius 1 is 1.11 bits per heavy atom. The summed E-state index contributed by atoms with van der Waals surface area (Å²) in [6, 6.07) is 6.79. The van der Waals surface area contributed by atoms with Crippen LogP contribution in [-0.4, -0.2) is 47.9 Å². The first-order valence-corrected chi connectivity index (χ1v) is 7.03. The summed E-state index contributed by atoms with van der Waals surface area (Å²) < 4.78 is 12.6. The molecule has 3 fully saturated rings. The smallest absolute Gasteiger partial charge is 0.253 e. The Bertz CT molecular complexity index is 442. The zero-order chi connectivity index (χ0) is 13.2. The van der Waals surface area contributed by atoms with Crippen LogP contribution >= 0.6 is 0 Å². The third-order valence-corrected chi connectivity index (χ3v) is 4.06. The van der Waals surface area contributed by atoms with Gasteiger partial charge in [0.15, 0.2) is 0 Å². The lowest BCUT2D eigenvalue weighted by atomic mass is 10.2. The molecule has 3 nitrogen and oxygen atoms in total. The van der Waals surface area contributed by atoms with Crippen LogP contribution in [-0.2, 0) is 0 Å². The van der Waals surface area contributed by atoms with Crippen molar-refractivity contribution in [3.05, 3.63) is 35.6 Å². The Balaban J connectivity index is 0.000000180. The second kappa shape index (κ2) is 5.29. The number of fused-ring (bicyclic) bond motifs is 1. The van der Waals surface area contributed by atoms with E-state index in [1.807, 2.05) is 4.90 Å². The number of hydrogen-bond donors (Lipinski definition) is 0. The minimum Gasteiger partial charge on any atom is -0.339 e. The highest BCUT2D eigenvalue weighted by Crippen LogP contribution is 2.30. The summed E-state index contributed by atoms with van der Waals surface area (Å²) >= 11 is 0. The number of carbonyl (C=O) groups excluding carboxylic acids is 1. The van der Waals surface area contributed by atoms with E-state index in [1.165, 1.54) is 43.8 Å². The molecule has 0 N–H and O–H groups in total. The zero-order valence-electron chi connectivity index (χ0n) is 11.0. The van der Waals surface area contributed by atoms with Gasteiger partial charge in [0.1, 0.15) is 5.82 Å². The van der Waals surface area contributed by atoms with E-state index in [0.29, 0.717) is 5.56 Å². The molecule has 2 atom stereocenters. The fourth-order valence-corrected chi connectivity index (χ4v) is 2.60. The molecule has 102 valence electrons. The zero-order valence-corrected chi connectivity index (χ0v) is 11.0. The lowest BCUT2D eigenvalue weighted by Gasteiger charge is -2.14. The third kappa shape index (κ3) is 2.95. The van der Waals surface area contributed by atoms with Crippen LogP contribution in [0, 0.1) is 5.82 Å². The minimum atomic E-state index is -0.303. The number of likely N-dealkylation sites (tertiary alicyclic amines) is 1. The Hall–Kier alpha value is -1.42. The molecule has 1 aromatic carbocycles. The highest BCUT2D eigenvalue weighted by molar-refractivity contribution is 5.94. The van der Waals surface area contributed by atoms with Crippen LogP contribution in [0.1, 0.15) is 29.6 Å². The molecule has 19 heavy (non-hydrogen) atoms. The van der Waals surface area contributed by atoms with Gasteiger partial charge >= 0.3 is 0 Å². The van der Waals surface area contributed by atoms with E-state index in [-0.39, 0.29) is 11.7 Å². The molecular formula is C15H19FN2O. The van der Waals surface area contributed by atoms with E-state index in [9.17, 15) is 9.18 Å². The molecule has 1 aromatic rings. The molecule has 0 spiro atoms. The average Bonchev–Trinajstić information content (AvgIpc) is 2.86. The standard InChI is InChI=1S/C11H12FNO.C4H7N/c12-10-5-3-9(4-6-10)11(14)13-7-1-2-8-13;1-2-5-3-4(1)5/h3-6H,1-2,7-8H2;4H,1-3H2. The number of nitrogens with zero attached hydrogens (tertiary/aromatic N) is 2. The average molecular weight is 262 g/mol. The summed E-state index contributed by atoms with van der Waals surface area (Å²) in [5.74, 6) is -0.287. The molecule has 0 aliphatic carbocycles. The van der Waals surface area contributed by atoms with Gasteiger partial charge in [-0.25, -0.2) is 4.39 Å². The third-order valence-electron chi connectivity index (χ3n) is 4.06. The van der Waals surface area contributed by atoms with Gasteiger partial charge in [-0.1, -0.05) is 0 Å². The number of carbonyl (C=O) groups is 1. The second-order valence-electron chi connectivity index (χ2n) is 5.44. The Morgan fingerprint density at radius 3 is 2.16 bits per heavy atom. The lowest BCUT2D eigenvalue weighted by molar-refractivity contribution is 0.0793. The fourth-order valence-electron chi connectivity index (χ4n) is 2.60. The first-order valence-electron chi connectivity index (χ1n) is 7.03. The highest BCUT2D eigenvalue weighted by atomic mass is 19.1. The van der Waals surface area contributed by atoms with Crippen LogP contribution in [0.2, 0.25) is 0 Å². The van der Waals surface area contributed by atoms with Crippen LogP contribution in [0.4, 0.5) is 4.39 Å². The van der Waals surface area contributed by atoms with Crippen LogP contribution in [0.3, 0.4) is 0 Å².